The standard InChI is InChI=1S/C13H20BNO3/c1-6-9-7-10(16)8-11(15-9)14-17-12(2,3)13(4,5)18-14/h7-8H,6H2,1-5H3,(H,15,16). The van der Waals surface area contributed by atoms with Crippen molar-refractivity contribution in [2.75, 3.05) is 0 Å². The third-order valence-corrected chi connectivity index (χ3v) is 3.81. The second-order valence-corrected chi connectivity index (χ2v) is 5.74. The van der Waals surface area contributed by atoms with Gasteiger partial charge >= 0.3 is 7.12 Å². The van der Waals surface area contributed by atoms with Crippen LogP contribution in [0, 0.1) is 0 Å². The summed E-state index contributed by atoms with van der Waals surface area (Å²) in [6, 6.07) is 3.15. The Hall–Kier alpha value is -1.07. The van der Waals surface area contributed by atoms with Crippen molar-refractivity contribution in [2.24, 2.45) is 0 Å². The molecule has 1 aliphatic rings. The van der Waals surface area contributed by atoms with E-state index in [0.717, 1.165) is 12.1 Å². The fourth-order valence-corrected chi connectivity index (χ4v) is 1.91. The van der Waals surface area contributed by atoms with E-state index in [1.165, 1.54) is 0 Å². The Morgan fingerprint density at radius 2 is 1.72 bits per heavy atom. The van der Waals surface area contributed by atoms with Gasteiger partial charge in [0.15, 0.2) is 5.43 Å². The molecule has 2 heterocycles. The van der Waals surface area contributed by atoms with Gasteiger partial charge in [0.1, 0.15) is 0 Å². The van der Waals surface area contributed by atoms with Gasteiger partial charge in [-0.25, -0.2) is 0 Å². The summed E-state index contributed by atoms with van der Waals surface area (Å²) in [4.78, 5) is 14.8. The van der Waals surface area contributed by atoms with E-state index in [1.54, 1.807) is 12.1 Å². The zero-order valence-electron chi connectivity index (χ0n) is 11.7. The normalized spacial score (nSPS) is 21.3. The Morgan fingerprint density at radius 1 is 1.17 bits per heavy atom. The second-order valence-electron chi connectivity index (χ2n) is 5.74. The maximum Gasteiger partial charge on any atom is 0.512 e. The summed E-state index contributed by atoms with van der Waals surface area (Å²) < 4.78 is 11.8. The van der Waals surface area contributed by atoms with Gasteiger partial charge in [0, 0.05) is 23.4 Å². The average molecular weight is 249 g/mol. The smallest absolute Gasteiger partial charge is 0.398 e. The van der Waals surface area contributed by atoms with Crippen LogP contribution in [-0.2, 0) is 15.7 Å². The molecule has 18 heavy (non-hydrogen) atoms. The molecule has 0 aromatic carbocycles. The van der Waals surface area contributed by atoms with Crippen LogP contribution >= 0.6 is 0 Å². The van der Waals surface area contributed by atoms with Crippen molar-refractivity contribution in [2.45, 2.75) is 52.2 Å². The lowest BCUT2D eigenvalue weighted by atomic mass is 9.84. The first kappa shape index (κ1) is 13.4. The molecule has 1 fully saturated rings. The Morgan fingerprint density at radius 3 is 2.22 bits per heavy atom. The first-order valence-corrected chi connectivity index (χ1v) is 6.34. The molecule has 1 aromatic rings. The number of pyridine rings is 1. The molecule has 1 N–H and O–H groups in total. The first-order chi connectivity index (χ1) is 8.25. The van der Waals surface area contributed by atoms with E-state index in [0.29, 0.717) is 5.59 Å². The lowest BCUT2D eigenvalue weighted by molar-refractivity contribution is 0.00578. The predicted molar refractivity (Wildman–Crippen MR) is 72.2 cm³/mol. The summed E-state index contributed by atoms with van der Waals surface area (Å²) in [6.07, 6.45) is 0.780. The number of hydrogen-bond acceptors (Lipinski definition) is 3. The van der Waals surface area contributed by atoms with Crippen molar-refractivity contribution in [1.82, 2.24) is 4.98 Å². The van der Waals surface area contributed by atoms with Crippen molar-refractivity contribution < 1.29 is 9.31 Å². The molecule has 1 aromatic heterocycles. The quantitative estimate of drug-likeness (QED) is 0.802. The van der Waals surface area contributed by atoms with E-state index >= 15 is 0 Å². The summed E-state index contributed by atoms with van der Waals surface area (Å²) in [5.74, 6) is 0. The number of rotatable bonds is 2. The monoisotopic (exact) mass is 249 g/mol. The predicted octanol–water partition coefficient (Wildman–Crippen LogP) is 1.24. The van der Waals surface area contributed by atoms with Gasteiger partial charge in [-0.1, -0.05) is 6.92 Å². The lowest BCUT2D eigenvalue weighted by Gasteiger charge is -2.32. The van der Waals surface area contributed by atoms with E-state index in [9.17, 15) is 4.79 Å². The molecule has 0 aliphatic carbocycles. The van der Waals surface area contributed by atoms with Crippen LogP contribution in [0.4, 0.5) is 0 Å². The van der Waals surface area contributed by atoms with Gasteiger partial charge in [-0.3, -0.25) is 4.79 Å². The zero-order valence-corrected chi connectivity index (χ0v) is 11.7. The van der Waals surface area contributed by atoms with Crippen LogP contribution in [-0.4, -0.2) is 23.3 Å². The molecule has 0 spiro atoms. The van der Waals surface area contributed by atoms with Crippen LogP contribution in [0.1, 0.15) is 40.3 Å². The molecule has 0 atom stereocenters. The highest BCUT2D eigenvalue weighted by molar-refractivity contribution is 6.61. The highest BCUT2D eigenvalue weighted by atomic mass is 16.7. The molecule has 1 saturated heterocycles. The van der Waals surface area contributed by atoms with E-state index in [1.807, 2.05) is 34.6 Å². The molecule has 0 saturated carbocycles. The number of aromatic amines is 1. The molecule has 4 nitrogen and oxygen atoms in total. The van der Waals surface area contributed by atoms with Gasteiger partial charge in [0.2, 0.25) is 0 Å². The van der Waals surface area contributed by atoms with Gasteiger partial charge in [0.05, 0.1) is 11.2 Å². The minimum Gasteiger partial charge on any atom is -0.398 e. The second kappa shape index (κ2) is 4.25. The first-order valence-electron chi connectivity index (χ1n) is 6.34. The Labute approximate surface area is 108 Å². The average Bonchev–Trinajstić information content (AvgIpc) is 2.47. The molecule has 0 unspecified atom stereocenters. The van der Waals surface area contributed by atoms with Crippen molar-refractivity contribution in [3.8, 4) is 0 Å². The van der Waals surface area contributed by atoms with Gasteiger partial charge in [-0.15, -0.1) is 0 Å². The molecule has 98 valence electrons. The van der Waals surface area contributed by atoms with Gasteiger partial charge in [-0.2, -0.15) is 0 Å². The molecule has 0 bridgehead atoms. The van der Waals surface area contributed by atoms with E-state index < -0.39 is 18.3 Å². The van der Waals surface area contributed by atoms with Crippen LogP contribution < -0.4 is 11.0 Å². The molecule has 2 rings (SSSR count). The Balaban J connectivity index is 2.35. The third kappa shape index (κ3) is 2.25. The minimum atomic E-state index is -0.505. The lowest BCUT2D eigenvalue weighted by Crippen LogP contribution is -2.41. The van der Waals surface area contributed by atoms with Crippen LogP contribution in [0.2, 0.25) is 0 Å². The molecule has 1 aliphatic heterocycles. The molecule has 0 amide bonds. The van der Waals surface area contributed by atoms with E-state index in [-0.39, 0.29) is 5.43 Å². The summed E-state index contributed by atoms with van der Waals surface area (Å²) in [5.41, 5.74) is 0.786. The number of H-pyrrole nitrogens is 1. The van der Waals surface area contributed by atoms with Gasteiger partial charge in [-0.05, 0) is 34.1 Å². The van der Waals surface area contributed by atoms with E-state index in [2.05, 4.69) is 4.98 Å². The van der Waals surface area contributed by atoms with Crippen molar-refractivity contribution >= 4 is 12.7 Å². The van der Waals surface area contributed by atoms with Crippen molar-refractivity contribution in [1.29, 1.82) is 0 Å². The third-order valence-electron chi connectivity index (χ3n) is 3.81. The fourth-order valence-electron chi connectivity index (χ4n) is 1.91. The van der Waals surface area contributed by atoms with Crippen LogP contribution in [0.3, 0.4) is 0 Å². The number of aromatic nitrogens is 1. The molecular formula is C13H20BNO3. The maximum absolute atomic E-state index is 11.6. The van der Waals surface area contributed by atoms with Crippen molar-refractivity contribution in [3.63, 3.8) is 0 Å². The van der Waals surface area contributed by atoms with Gasteiger partial charge < -0.3 is 14.3 Å². The minimum absolute atomic E-state index is 0.0182. The Bertz CT molecular complexity index is 491. The van der Waals surface area contributed by atoms with Crippen LogP contribution in [0.15, 0.2) is 16.9 Å². The van der Waals surface area contributed by atoms with Crippen LogP contribution in [0.5, 0.6) is 0 Å². The summed E-state index contributed by atoms with van der Waals surface area (Å²) >= 11 is 0. The molecular weight excluding hydrogens is 229 g/mol. The highest BCUT2D eigenvalue weighted by Gasteiger charge is 2.52. The SMILES string of the molecule is CCc1cc(=O)cc(B2OC(C)(C)C(C)(C)O2)[nH]1. The summed E-state index contributed by atoms with van der Waals surface area (Å²) in [7, 11) is -0.505. The number of nitrogens with one attached hydrogen (secondary N) is 1. The van der Waals surface area contributed by atoms with E-state index in [4.69, 9.17) is 9.31 Å². The number of hydrogen-bond donors (Lipinski definition) is 1. The highest BCUT2D eigenvalue weighted by Crippen LogP contribution is 2.36. The van der Waals surface area contributed by atoms with Crippen molar-refractivity contribution in [3.05, 3.63) is 28.0 Å². The molecule has 5 heteroatoms. The zero-order chi connectivity index (χ0) is 13.6. The largest absolute Gasteiger partial charge is 0.512 e. The summed E-state index contributed by atoms with van der Waals surface area (Å²) in [6.45, 7) is 9.98. The summed E-state index contributed by atoms with van der Waals surface area (Å²) in [5, 5.41) is 0. The maximum atomic E-state index is 11.6. The topological polar surface area (TPSA) is 51.3 Å². The molecule has 0 radical (unpaired) electrons. The van der Waals surface area contributed by atoms with Gasteiger partial charge in [0.25, 0.3) is 0 Å². The number of aryl methyl sites for hydroxylation is 1. The fraction of sp³-hybridized carbons (Fsp3) is 0.615. The van der Waals surface area contributed by atoms with Crippen LogP contribution in [0.25, 0.3) is 0 Å². The Kier molecular flexibility index (Phi) is 3.15.